The second-order valence-corrected chi connectivity index (χ2v) is 5.98. The Labute approximate surface area is 122 Å². The third kappa shape index (κ3) is 3.94. The molecule has 1 heterocycles. The number of amides is 1. The third-order valence-corrected chi connectivity index (χ3v) is 4.41. The van der Waals surface area contributed by atoms with Gasteiger partial charge in [-0.2, -0.15) is 5.26 Å². The SMILES string of the molecule is CCCC(C#N)N1CCN(CC(=O)N(C)C2CC2)CC1. The van der Waals surface area contributed by atoms with Crippen LogP contribution in [0.25, 0.3) is 0 Å². The first-order valence-corrected chi connectivity index (χ1v) is 7.77. The maximum absolute atomic E-state index is 12.1. The van der Waals surface area contributed by atoms with E-state index in [1.165, 1.54) is 0 Å². The Morgan fingerprint density at radius 2 is 2.00 bits per heavy atom. The molecule has 1 saturated carbocycles. The maximum atomic E-state index is 12.1. The second kappa shape index (κ2) is 7.05. The van der Waals surface area contributed by atoms with Crippen LogP contribution in [0.1, 0.15) is 32.6 Å². The van der Waals surface area contributed by atoms with E-state index >= 15 is 0 Å². The summed E-state index contributed by atoms with van der Waals surface area (Å²) >= 11 is 0. The third-order valence-electron chi connectivity index (χ3n) is 4.41. The Hall–Kier alpha value is -1.12. The van der Waals surface area contributed by atoms with Crippen molar-refractivity contribution in [1.82, 2.24) is 14.7 Å². The van der Waals surface area contributed by atoms with Crippen LogP contribution in [0.5, 0.6) is 0 Å². The monoisotopic (exact) mass is 278 g/mol. The number of hydrogen-bond acceptors (Lipinski definition) is 4. The van der Waals surface area contributed by atoms with E-state index in [1.807, 2.05) is 11.9 Å². The normalized spacial score (nSPS) is 22.2. The minimum absolute atomic E-state index is 0.0481. The van der Waals surface area contributed by atoms with Crippen LogP contribution in [0.15, 0.2) is 0 Å². The first-order valence-electron chi connectivity index (χ1n) is 7.77. The minimum Gasteiger partial charge on any atom is -0.342 e. The minimum atomic E-state index is 0.0481. The summed E-state index contributed by atoms with van der Waals surface area (Å²) in [6, 6.07) is 2.95. The Morgan fingerprint density at radius 3 is 2.50 bits per heavy atom. The molecule has 1 saturated heterocycles. The van der Waals surface area contributed by atoms with Gasteiger partial charge in [0.2, 0.25) is 5.91 Å². The lowest BCUT2D eigenvalue weighted by atomic mass is 10.1. The van der Waals surface area contributed by atoms with Crippen LogP contribution < -0.4 is 0 Å². The summed E-state index contributed by atoms with van der Waals surface area (Å²) < 4.78 is 0. The molecule has 0 aromatic carbocycles. The topological polar surface area (TPSA) is 50.6 Å². The fourth-order valence-corrected chi connectivity index (χ4v) is 2.80. The number of nitrogens with zero attached hydrogens (tertiary/aromatic N) is 4. The van der Waals surface area contributed by atoms with Gasteiger partial charge in [0.05, 0.1) is 18.7 Å². The van der Waals surface area contributed by atoms with Gasteiger partial charge in [0, 0.05) is 39.3 Å². The van der Waals surface area contributed by atoms with Crippen molar-refractivity contribution in [3.63, 3.8) is 0 Å². The molecular formula is C15H26N4O. The fourth-order valence-electron chi connectivity index (χ4n) is 2.80. The van der Waals surface area contributed by atoms with E-state index in [2.05, 4.69) is 22.8 Å². The molecule has 1 aliphatic carbocycles. The highest BCUT2D eigenvalue weighted by molar-refractivity contribution is 5.78. The van der Waals surface area contributed by atoms with Gasteiger partial charge in [0.15, 0.2) is 0 Å². The van der Waals surface area contributed by atoms with Crippen molar-refractivity contribution >= 4 is 5.91 Å². The molecule has 0 bridgehead atoms. The predicted molar refractivity (Wildman–Crippen MR) is 78.1 cm³/mol. The predicted octanol–water partition coefficient (Wildman–Crippen LogP) is 0.917. The van der Waals surface area contributed by atoms with E-state index in [0.29, 0.717) is 12.6 Å². The highest BCUT2D eigenvalue weighted by Crippen LogP contribution is 2.25. The molecule has 5 nitrogen and oxygen atoms in total. The number of piperazine rings is 1. The van der Waals surface area contributed by atoms with Crippen molar-refractivity contribution in [1.29, 1.82) is 5.26 Å². The van der Waals surface area contributed by atoms with E-state index < -0.39 is 0 Å². The van der Waals surface area contributed by atoms with Gasteiger partial charge in [0.1, 0.15) is 0 Å². The first kappa shape index (κ1) is 15.3. The molecule has 2 rings (SSSR count). The molecule has 0 N–H and O–H groups in total. The van der Waals surface area contributed by atoms with Crippen molar-refractivity contribution < 1.29 is 4.79 Å². The zero-order valence-corrected chi connectivity index (χ0v) is 12.7. The molecule has 112 valence electrons. The standard InChI is InChI=1S/C15H26N4O/c1-3-4-14(11-16)19-9-7-18(8-10-19)12-15(20)17(2)13-5-6-13/h13-14H,3-10,12H2,1-2H3. The summed E-state index contributed by atoms with van der Waals surface area (Å²) in [7, 11) is 1.92. The number of hydrogen-bond donors (Lipinski definition) is 0. The molecule has 5 heteroatoms. The number of carbonyl (C=O) groups excluding carboxylic acids is 1. The van der Waals surface area contributed by atoms with Gasteiger partial charge < -0.3 is 4.90 Å². The maximum Gasteiger partial charge on any atom is 0.236 e. The van der Waals surface area contributed by atoms with Crippen LogP contribution in [-0.4, -0.2) is 72.5 Å². The molecule has 1 amide bonds. The van der Waals surface area contributed by atoms with Crippen LogP contribution >= 0.6 is 0 Å². The Balaban J connectivity index is 1.73. The smallest absolute Gasteiger partial charge is 0.236 e. The van der Waals surface area contributed by atoms with Crippen LogP contribution in [-0.2, 0) is 4.79 Å². The van der Waals surface area contributed by atoms with E-state index in [9.17, 15) is 10.1 Å². The Kier molecular flexibility index (Phi) is 5.38. The van der Waals surface area contributed by atoms with Crippen molar-refractivity contribution in [3.05, 3.63) is 0 Å². The first-order chi connectivity index (χ1) is 9.65. The summed E-state index contributed by atoms with van der Waals surface area (Å²) in [5, 5.41) is 9.20. The van der Waals surface area contributed by atoms with Crippen molar-refractivity contribution in [2.75, 3.05) is 39.8 Å². The largest absolute Gasteiger partial charge is 0.342 e. The van der Waals surface area contributed by atoms with Crippen molar-refractivity contribution in [3.8, 4) is 6.07 Å². The van der Waals surface area contributed by atoms with Gasteiger partial charge in [-0.05, 0) is 19.3 Å². The highest BCUT2D eigenvalue weighted by atomic mass is 16.2. The number of rotatable bonds is 6. The number of carbonyl (C=O) groups is 1. The summed E-state index contributed by atoms with van der Waals surface area (Å²) in [6.07, 6.45) is 4.32. The summed E-state index contributed by atoms with van der Waals surface area (Å²) in [6.45, 7) is 6.24. The lowest BCUT2D eigenvalue weighted by Gasteiger charge is -2.37. The van der Waals surface area contributed by atoms with Gasteiger partial charge in [-0.1, -0.05) is 13.3 Å². The number of likely N-dealkylation sites (N-methyl/N-ethyl adjacent to an activating group) is 1. The van der Waals surface area contributed by atoms with Gasteiger partial charge >= 0.3 is 0 Å². The van der Waals surface area contributed by atoms with Crippen LogP contribution in [0.2, 0.25) is 0 Å². The fraction of sp³-hybridized carbons (Fsp3) is 0.867. The quantitative estimate of drug-likeness (QED) is 0.725. The summed E-state index contributed by atoms with van der Waals surface area (Å²) in [5.41, 5.74) is 0. The summed E-state index contributed by atoms with van der Waals surface area (Å²) in [5.74, 6) is 0.242. The average molecular weight is 278 g/mol. The molecule has 1 atom stereocenters. The Bertz CT molecular complexity index is 367. The number of nitriles is 1. The molecule has 20 heavy (non-hydrogen) atoms. The zero-order chi connectivity index (χ0) is 14.5. The molecule has 0 spiro atoms. The van der Waals surface area contributed by atoms with Gasteiger partial charge in [-0.25, -0.2) is 0 Å². The molecule has 2 fully saturated rings. The van der Waals surface area contributed by atoms with E-state index in [0.717, 1.165) is 51.9 Å². The van der Waals surface area contributed by atoms with Gasteiger partial charge in [0.25, 0.3) is 0 Å². The van der Waals surface area contributed by atoms with Crippen molar-refractivity contribution in [2.24, 2.45) is 0 Å². The molecule has 2 aliphatic rings. The van der Waals surface area contributed by atoms with Crippen molar-refractivity contribution in [2.45, 2.75) is 44.7 Å². The second-order valence-electron chi connectivity index (χ2n) is 5.98. The molecular weight excluding hydrogens is 252 g/mol. The van der Waals surface area contributed by atoms with Gasteiger partial charge in [-0.15, -0.1) is 0 Å². The molecule has 1 aliphatic heterocycles. The zero-order valence-electron chi connectivity index (χ0n) is 12.7. The molecule has 1 unspecified atom stereocenters. The Morgan fingerprint density at radius 1 is 1.35 bits per heavy atom. The summed E-state index contributed by atoms with van der Waals surface area (Å²) in [4.78, 5) is 18.5. The lowest BCUT2D eigenvalue weighted by molar-refractivity contribution is -0.132. The van der Waals surface area contributed by atoms with Crippen LogP contribution in [0.4, 0.5) is 0 Å². The highest BCUT2D eigenvalue weighted by Gasteiger charge is 2.31. The molecule has 0 aromatic heterocycles. The lowest BCUT2D eigenvalue weighted by Crippen LogP contribution is -2.52. The van der Waals surface area contributed by atoms with E-state index in [4.69, 9.17) is 0 Å². The van der Waals surface area contributed by atoms with Gasteiger partial charge in [-0.3, -0.25) is 14.6 Å². The van der Waals surface area contributed by atoms with Crippen LogP contribution in [0, 0.1) is 11.3 Å². The average Bonchev–Trinajstić information content (AvgIpc) is 3.29. The van der Waals surface area contributed by atoms with E-state index in [1.54, 1.807) is 0 Å². The van der Waals surface area contributed by atoms with E-state index in [-0.39, 0.29) is 11.9 Å². The molecule has 0 radical (unpaired) electrons. The molecule has 0 aromatic rings. The van der Waals surface area contributed by atoms with Crippen LogP contribution in [0.3, 0.4) is 0 Å².